The lowest BCUT2D eigenvalue weighted by Crippen LogP contribution is -2.34. The molecule has 100 valence electrons. The van der Waals surface area contributed by atoms with Crippen LogP contribution in [0.1, 0.15) is 41.6 Å². The summed E-state index contributed by atoms with van der Waals surface area (Å²) >= 11 is 4.92. The summed E-state index contributed by atoms with van der Waals surface area (Å²) in [6.45, 7) is 0.931. The lowest BCUT2D eigenvalue weighted by molar-refractivity contribution is 0.0735. The summed E-state index contributed by atoms with van der Waals surface area (Å²) in [5, 5.41) is 0. The molecule has 0 saturated heterocycles. The Balaban J connectivity index is 1.74. The minimum absolute atomic E-state index is 0.156. The highest BCUT2D eigenvalue weighted by molar-refractivity contribution is 7.80. The zero-order valence-electron chi connectivity index (χ0n) is 10.8. The molecule has 0 aromatic heterocycles. The molecule has 0 unspecified atom stereocenters. The molecule has 0 aliphatic heterocycles. The second-order valence-electron chi connectivity index (χ2n) is 5.57. The highest BCUT2D eigenvalue weighted by Gasteiger charge is 2.36. The van der Waals surface area contributed by atoms with Crippen LogP contribution in [0.5, 0.6) is 0 Å². The minimum Gasteiger partial charge on any atom is -0.389 e. The summed E-state index contributed by atoms with van der Waals surface area (Å²) in [5.41, 5.74) is 7.12. The lowest BCUT2D eigenvalue weighted by Gasteiger charge is -2.22. The minimum atomic E-state index is 0.156. The lowest BCUT2D eigenvalue weighted by atomic mass is 10.1. The van der Waals surface area contributed by atoms with Crippen LogP contribution in [0.4, 0.5) is 0 Å². The van der Waals surface area contributed by atoms with Gasteiger partial charge in [-0.3, -0.25) is 4.79 Å². The first-order chi connectivity index (χ1) is 9.15. The molecule has 2 fully saturated rings. The number of hydrogen-bond donors (Lipinski definition) is 1. The van der Waals surface area contributed by atoms with E-state index < -0.39 is 0 Å². The molecule has 19 heavy (non-hydrogen) atoms. The molecule has 0 atom stereocenters. The van der Waals surface area contributed by atoms with E-state index in [1.165, 1.54) is 12.8 Å². The van der Waals surface area contributed by atoms with Gasteiger partial charge in [-0.2, -0.15) is 0 Å². The Labute approximate surface area is 118 Å². The monoisotopic (exact) mass is 274 g/mol. The molecule has 2 saturated carbocycles. The van der Waals surface area contributed by atoms with Crippen LogP contribution in [0.3, 0.4) is 0 Å². The normalized spacial score (nSPS) is 18.1. The summed E-state index contributed by atoms with van der Waals surface area (Å²) in [5.74, 6) is 0.893. The molecule has 3 rings (SSSR count). The van der Waals surface area contributed by atoms with Crippen LogP contribution in [0.25, 0.3) is 0 Å². The number of nitrogens with two attached hydrogens (primary N) is 1. The molecule has 0 heterocycles. The SMILES string of the molecule is NC(=S)c1ccc(C(=O)N(CC2CC2)C2CC2)cc1. The van der Waals surface area contributed by atoms with Gasteiger partial charge in [0.1, 0.15) is 4.99 Å². The van der Waals surface area contributed by atoms with Gasteiger partial charge >= 0.3 is 0 Å². The molecule has 0 radical (unpaired) electrons. The molecule has 1 aromatic rings. The van der Waals surface area contributed by atoms with Crippen LogP contribution < -0.4 is 5.73 Å². The first-order valence-corrected chi connectivity index (χ1v) is 7.27. The Morgan fingerprint density at radius 3 is 2.21 bits per heavy atom. The number of amides is 1. The number of benzene rings is 1. The maximum absolute atomic E-state index is 12.5. The van der Waals surface area contributed by atoms with Crippen LogP contribution in [-0.2, 0) is 0 Å². The second-order valence-corrected chi connectivity index (χ2v) is 6.01. The van der Waals surface area contributed by atoms with Gasteiger partial charge in [0, 0.05) is 23.7 Å². The van der Waals surface area contributed by atoms with E-state index in [-0.39, 0.29) is 5.91 Å². The van der Waals surface area contributed by atoms with Crippen LogP contribution in [0, 0.1) is 5.92 Å². The van der Waals surface area contributed by atoms with Crippen LogP contribution in [-0.4, -0.2) is 28.4 Å². The molecular weight excluding hydrogens is 256 g/mol. The molecule has 4 heteroatoms. The highest BCUT2D eigenvalue weighted by atomic mass is 32.1. The van der Waals surface area contributed by atoms with E-state index in [1.54, 1.807) is 0 Å². The van der Waals surface area contributed by atoms with Gasteiger partial charge in [0.15, 0.2) is 0 Å². The van der Waals surface area contributed by atoms with Crippen molar-refractivity contribution < 1.29 is 4.79 Å². The first kappa shape index (κ1) is 12.6. The summed E-state index contributed by atoms with van der Waals surface area (Å²) < 4.78 is 0. The van der Waals surface area contributed by atoms with E-state index in [2.05, 4.69) is 4.90 Å². The number of hydrogen-bond acceptors (Lipinski definition) is 2. The smallest absolute Gasteiger partial charge is 0.254 e. The average Bonchev–Trinajstić information content (AvgIpc) is 3.28. The zero-order chi connectivity index (χ0) is 13.4. The van der Waals surface area contributed by atoms with Crippen molar-refractivity contribution in [3.63, 3.8) is 0 Å². The van der Waals surface area contributed by atoms with E-state index in [1.807, 2.05) is 24.3 Å². The van der Waals surface area contributed by atoms with Crippen LogP contribution >= 0.6 is 12.2 Å². The second kappa shape index (κ2) is 4.93. The number of carbonyl (C=O) groups excluding carboxylic acids is 1. The predicted molar refractivity (Wildman–Crippen MR) is 79.1 cm³/mol. The Bertz CT molecular complexity index is 503. The number of nitrogens with zero attached hydrogens (tertiary/aromatic N) is 1. The Kier molecular flexibility index (Phi) is 3.27. The van der Waals surface area contributed by atoms with Crippen molar-refractivity contribution in [2.24, 2.45) is 11.7 Å². The molecule has 2 aliphatic carbocycles. The molecule has 3 nitrogen and oxygen atoms in total. The van der Waals surface area contributed by atoms with Crippen LogP contribution in [0.15, 0.2) is 24.3 Å². The zero-order valence-corrected chi connectivity index (χ0v) is 11.7. The largest absolute Gasteiger partial charge is 0.389 e. The quantitative estimate of drug-likeness (QED) is 0.838. The van der Waals surface area contributed by atoms with Crippen molar-refractivity contribution >= 4 is 23.1 Å². The summed E-state index contributed by atoms with van der Waals surface area (Å²) in [6.07, 6.45) is 4.86. The number of carbonyl (C=O) groups is 1. The van der Waals surface area contributed by atoms with Crippen molar-refractivity contribution in [3.8, 4) is 0 Å². The molecule has 1 amide bonds. The molecule has 2 aliphatic rings. The predicted octanol–water partition coefficient (Wildman–Crippen LogP) is 2.34. The fourth-order valence-electron chi connectivity index (χ4n) is 2.31. The Hall–Kier alpha value is -1.42. The van der Waals surface area contributed by atoms with Crippen molar-refractivity contribution in [1.29, 1.82) is 0 Å². The van der Waals surface area contributed by atoms with Crippen LogP contribution in [0.2, 0.25) is 0 Å². The van der Waals surface area contributed by atoms with E-state index in [0.717, 1.165) is 36.4 Å². The third-order valence-corrected chi connectivity index (χ3v) is 4.05. The third kappa shape index (κ3) is 2.95. The van der Waals surface area contributed by atoms with E-state index in [9.17, 15) is 4.79 Å². The van der Waals surface area contributed by atoms with Gasteiger partial charge < -0.3 is 10.6 Å². The van der Waals surface area contributed by atoms with Gasteiger partial charge in [0.2, 0.25) is 0 Å². The number of rotatable bonds is 5. The summed E-state index contributed by atoms with van der Waals surface area (Å²) in [7, 11) is 0. The van der Waals surface area contributed by atoms with Gasteiger partial charge in [-0.25, -0.2) is 0 Å². The van der Waals surface area contributed by atoms with E-state index in [4.69, 9.17) is 18.0 Å². The van der Waals surface area contributed by atoms with Gasteiger partial charge in [0.25, 0.3) is 5.91 Å². The third-order valence-electron chi connectivity index (χ3n) is 3.82. The molecule has 0 spiro atoms. The fraction of sp³-hybridized carbons (Fsp3) is 0.467. The first-order valence-electron chi connectivity index (χ1n) is 6.86. The maximum atomic E-state index is 12.5. The van der Waals surface area contributed by atoms with E-state index in [0.29, 0.717) is 11.0 Å². The molecule has 2 N–H and O–H groups in total. The maximum Gasteiger partial charge on any atom is 0.254 e. The molecular formula is C15H18N2OS. The molecule has 1 aromatic carbocycles. The van der Waals surface area contributed by atoms with Gasteiger partial charge in [-0.05, 0) is 43.7 Å². The average molecular weight is 274 g/mol. The Morgan fingerprint density at radius 2 is 1.74 bits per heavy atom. The topological polar surface area (TPSA) is 46.3 Å². The molecule has 0 bridgehead atoms. The van der Waals surface area contributed by atoms with Crippen molar-refractivity contribution in [2.45, 2.75) is 31.7 Å². The van der Waals surface area contributed by atoms with E-state index >= 15 is 0 Å². The standard InChI is InChI=1S/C15H18N2OS/c16-14(19)11-3-5-12(6-4-11)15(18)17(13-7-8-13)9-10-1-2-10/h3-6,10,13H,1-2,7-9H2,(H2,16,19). The van der Waals surface area contributed by atoms with Crippen molar-refractivity contribution in [3.05, 3.63) is 35.4 Å². The fourth-order valence-corrected chi connectivity index (χ4v) is 2.44. The van der Waals surface area contributed by atoms with Gasteiger partial charge in [-0.1, -0.05) is 24.4 Å². The number of thiocarbonyl (C=S) groups is 1. The van der Waals surface area contributed by atoms with Gasteiger partial charge in [0.05, 0.1) is 0 Å². The summed E-state index contributed by atoms with van der Waals surface area (Å²) in [6, 6.07) is 7.80. The van der Waals surface area contributed by atoms with Crippen molar-refractivity contribution in [2.75, 3.05) is 6.54 Å². The highest BCUT2D eigenvalue weighted by Crippen LogP contribution is 2.35. The Morgan fingerprint density at radius 1 is 1.16 bits per heavy atom. The summed E-state index contributed by atoms with van der Waals surface area (Å²) in [4.78, 5) is 15.0. The van der Waals surface area contributed by atoms with Crippen molar-refractivity contribution in [1.82, 2.24) is 4.90 Å². The van der Waals surface area contributed by atoms with Gasteiger partial charge in [-0.15, -0.1) is 0 Å².